The van der Waals surface area contributed by atoms with Crippen LogP contribution in [0.15, 0.2) is 18.2 Å². The van der Waals surface area contributed by atoms with Crippen LogP contribution in [0.1, 0.15) is 57.0 Å². The largest absolute Gasteiger partial charge is 0.480 e. The summed E-state index contributed by atoms with van der Waals surface area (Å²) in [6, 6.07) is 4.05. The molecule has 0 radical (unpaired) electrons. The van der Waals surface area contributed by atoms with E-state index in [1.165, 1.54) is 17.0 Å². The zero-order valence-corrected chi connectivity index (χ0v) is 14.7. The SMILES string of the molecule is CCC(C)N(CC(=O)O)C(=O)c1ccc(C(C)(C)C)c([N+](=O)[O-])c1. The van der Waals surface area contributed by atoms with Crippen LogP contribution in [0.4, 0.5) is 5.69 Å². The standard InChI is InChI=1S/C17H24N2O5/c1-6-11(2)18(10-15(20)21)16(22)12-7-8-13(17(3,4)5)14(9-12)19(23)24/h7-9,11H,6,10H2,1-5H3,(H,20,21). The highest BCUT2D eigenvalue weighted by Gasteiger charge is 2.28. The van der Waals surface area contributed by atoms with Gasteiger partial charge in [0.05, 0.1) is 4.92 Å². The number of benzene rings is 1. The zero-order valence-electron chi connectivity index (χ0n) is 14.7. The quantitative estimate of drug-likeness (QED) is 0.635. The van der Waals surface area contributed by atoms with Crippen LogP contribution < -0.4 is 0 Å². The van der Waals surface area contributed by atoms with Gasteiger partial charge in [-0.25, -0.2) is 0 Å². The number of nitro groups is 1. The van der Waals surface area contributed by atoms with E-state index < -0.39 is 28.8 Å². The molecule has 0 saturated heterocycles. The van der Waals surface area contributed by atoms with Gasteiger partial charge in [0.15, 0.2) is 0 Å². The monoisotopic (exact) mass is 336 g/mol. The Morgan fingerprint density at radius 3 is 2.33 bits per heavy atom. The molecular formula is C17H24N2O5. The molecule has 7 heteroatoms. The van der Waals surface area contributed by atoms with Gasteiger partial charge < -0.3 is 10.0 Å². The molecule has 0 aliphatic heterocycles. The Morgan fingerprint density at radius 1 is 1.33 bits per heavy atom. The van der Waals surface area contributed by atoms with Crippen molar-refractivity contribution in [3.05, 3.63) is 39.4 Å². The van der Waals surface area contributed by atoms with E-state index in [-0.39, 0.29) is 17.3 Å². The van der Waals surface area contributed by atoms with E-state index >= 15 is 0 Å². The number of hydrogen-bond acceptors (Lipinski definition) is 4. The molecule has 0 fully saturated rings. The van der Waals surface area contributed by atoms with E-state index in [0.29, 0.717) is 12.0 Å². The molecule has 0 aromatic heterocycles. The van der Waals surface area contributed by atoms with Crippen molar-refractivity contribution in [2.45, 2.75) is 52.5 Å². The van der Waals surface area contributed by atoms with E-state index in [1.807, 2.05) is 27.7 Å². The van der Waals surface area contributed by atoms with Crippen molar-refractivity contribution >= 4 is 17.6 Å². The van der Waals surface area contributed by atoms with Gasteiger partial charge in [0.2, 0.25) is 0 Å². The summed E-state index contributed by atoms with van der Waals surface area (Å²) < 4.78 is 0. The van der Waals surface area contributed by atoms with Gasteiger partial charge in [0.1, 0.15) is 6.54 Å². The summed E-state index contributed by atoms with van der Waals surface area (Å²) in [5.74, 6) is -1.64. The fourth-order valence-electron chi connectivity index (χ4n) is 2.41. The van der Waals surface area contributed by atoms with Crippen molar-refractivity contribution in [2.24, 2.45) is 0 Å². The van der Waals surface area contributed by atoms with Crippen LogP contribution in [0.25, 0.3) is 0 Å². The molecular weight excluding hydrogens is 312 g/mol. The number of nitro benzene ring substituents is 1. The van der Waals surface area contributed by atoms with E-state index in [2.05, 4.69) is 0 Å². The van der Waals surface area contributed by atoms with Crippen LogP contribution in [-0.2, 0) is 10.2 Å². The average Bonchev–Trinajstić information content (AvgIpc) is 2.49. The Labute approximate surface area is 141 Å². The lowest BCUT2D eigenvalue weighted by atomic mass is 9.85. The van der Waals surface area contributed by atoms with E-state index in [4.69, 9.17) is 5.11 Å². The fraction of sp³-hybridized carbons (Fsp3) is 0.529. The Balaban J connectivity index is 3.34. The van der Waals surface area contributed by atoms with Gasteiger partial charge in [0, 0.05) is 23.2 Å². The lowest BCUT2D eigenvalue weighted by Crippen LogP contribution is -2.41. The third kappa shape index (κ3) is 4.53. The molecule has 0 aliphatic rings. The van der Waals surface area contributed by atoms with Gasteiger partial charge in [-0.2, -0.15) is 0 Å². The lowest BCUT2D eigenvalue weighted by Gasteiger charge is -2.27. The van der Waals surface area contributed by atoms with Gasteiger partial charge in [0.25, 0.3) is 11.6 Å². The minimum absolute atomic E-state index is 0.122. The normalized spacial score (nSPS) is 12.5. The number of nitrogens with zero attached hydrogens (tertiary/aromatic N) is 2. The summed E-state index contributed by atoms with van der Waals surface area (Å²) in [5.41, 5.74) is 0.0722. The maximum Gasteiger partial charge on any atom is 0.323 e. The first kappa shape index (κ1) is 19.6. The van der Waals surface area contributed by atoms with Crippen molar-refractivity contribution < 1.29 is 19.6 Å². The maximum atomic E-state index is 12.7. The van der Waals surface area contributed by atoms with Crippen LogP contribution in [0, 0.1) is 10.1 Å². The average molecular weight is 336 g/mol. The molecule has 1 amide bonds. The zero-order chi connectivity index (χ0) is 18.7. The summed E-state index contributed by atoms with van der Waals surface area (Å²) in [6.45, 7) is 8.71. The molecule has 24 heavy (non-hydrogen) atoms. The Hall–Kier alpha value is -2.44. The highest BCUT2D eigenvalue weighted by atomic mass is 16.6. The van der Waals surface area contributed by atoms with Crippen molar-refractivity contribution in [1.82, 2.24) is 4.90 Å². The topological polar surface area (TPSA) is 101 Å². The second kappa shape index (κ2) is 7.42. The molecule has 0 bridgehead atoms. The van der Waals surface area contributed by atoms with Gasteiger partial charge in [-0.15, -0.1) is 0 Å². The van der Waals surface area contributed by atoms with Crippen molar-refractivity contribution in [3.63, 3.8) is 0 Å². The Kier molecular flexibility index (Phi) is 6.06. The Morgan fingerprint density at radius 2 is 1.92 bits per heavy atom. The molecule has 7 nitrogen and oxygen atoms in total. The summed E-state index contributed by atoms with van der Waals surface area (Å²) in [6.07, 6.45) is 0.585. The number of carboxylic acid groups (broad SMARTS) is 1. The number of carboxylic acids is 1. The molecule has 1 atom stereocenters. The number of carbonyl (C=O) groups is 2. The van der Waals surface area contributed by atoms with Gasteiger partial charge in [-0.3, -0.25) is 19.7 Å². The predicted molar refractivity (Wildman–Crippen MR) is 90.2 cm³/mol. The highest BCUT2D eigenvalue weighted by Crippen LogP contribution is 2.32. The molecule has 1 aromatic carbocycles. The van der Waals surface area contributed by atoms with E-state index in [0.717, 1.165) is 0 Å². The Bertz CT molecular complexity index is 649. The molecule has 0 saturated carbocycles. The van der Waals surface area contributed by atoms with Gasteiger partial charge >= 0.3 is 5.97 Å². The second-order valence-corrected chi connectivity index (χ2v) is 6.82. The van der Waals surface area contributed by atoms with Crippen LogP contribution in [-0.4, -0.2) is 39.4 Å². The minimum atomic E-state index is -1.12. The summed E-state index contributed by atoms with van der Waals surface area (Å²) in [5, 5.41) is 20.4. The molecule has 1 N–H and O–H groups in total. The first-order valence-electron chi connectivity index (χ1n) is 7.80. The number of rotatable bonds is 6. The van der Waals surface area contributed by atoms with Crippen LogP contribution in [0.3, 0.4) is 0 Å². The first-order valence-corrected chi connectivity index (χ1v) is 7.80. The van der Waals surface area contributed by atoms with Crippen molar-refractivity contribution in [3.8, 4) is 0 Å². The number of hydrogen-bond donors (Lipinski definition) is 1. The third-order valence-corrected chi connectivity index (χ3v) is 3.94. The predicted octanol–water partition coefficient (Wildman–Crippen LogP) is 3.22. The van der Waals surface area contributed by atoms with Crippen LogP contribution in [0.2, 0.25) is 0 Å². The molecule has 132 valence electrons. The molecule has 0 heterocycles. The van der Waals surface area contributed by atoms with E-state index in [1.54, 1.807) is 13.0 Å². The second-order valence-electron chi connectivity index (χ2n) is 6.82. The first-order chi connectivity index (χ1) is 11.0. The highest BCUT2D eigenvalue weighted by molar-refractivity contribution is 5.96. The van der Waals surface area contributed by atoms with Gasteiger partial charge in [-0.05, 0) is 24.8 Å². The molecule has 1 rings (SSSR count). The third-order valence-electron chi connectivity index (χ3n) is 3.94. The minimum Gasteiger partial charge on any atom is -0.480 e. The summed E-state index contributed by atoms with van der Waals surface area (Å²) in [4.78, 5) is 35.8. The van der Waals surface area contributed by atoms with Crippen molar-refractivity contribution in [2.75, 3.05) is 6.54 Å². The summed E-state index contributed by atoms with van der Waals surface area (Å²) in [7, 11) is 0. The maximum absolute atomic E-state index is 12.7. The summed E-state index contributed by atoms with van der Waals surface area (Å²) >= 11 is 0. The smallest absolute Gasteiger partial charge is 0.323 e. The number of carbonyl (C=O) groups excluding carboxylic acids is 1. The van der Waals surface area contributed by atoms with E-state index in [9.17, 15) is 19.7 Å². The molecule has 0 spiro atoms. The molecule has 1 aromatic rings. The molecule has 1 unspecified atom stereocenters. The lowest BCUT2D eigenvalue weighted by molar-refractivity contribution is -0.386. The van der Waals surface area contributed by atoms with Crippen LogP contribution in [0.5, 0.6) is 0 Å². The van der Waals surface area contributed by atoms with Crippen molar-refractivity contribution in [1.29, 1.82) is 0 Å². The fourth-order valence-corrected chi connectivity index (χ4v) is 2.41. The van der Waals surface area contributed by atoms with Gasteiger partial charge in [-0.1, -0.05) is 33.8 Å². The molecule has 0 aliphatic carbocycles. The van der Waals surface area contributed by atoms with Crippen LogP contribution >= 0.6 is 0 Å². The number of amides is 1. The number of aliphatic carboxylic acids is 1.